The Morgan fingerprint density at radius 2 is 2.41 bits per heavy atom. The molecule has 0 bridgehead atoms. The highest BCUT2D eigenvalue weighted by Crippen LogP contribution is 2.26. The van der Waals surface area contributed by atoms with Crippen LogP contribution in [0, 0.1) is 11.3 Å². The minimum Gasteiger partial charge on any atom is -0.385 e. The van der Waals surface area contributed by atoms with Gasteiger partial charge in [0.05, 0.1) is 5.69 Å². The molecule has 0 spiro atoms. The minimum absolute atomic E-state index is 0.0552. The van der Waals surface area contributed by atoms with Gasteiger partial charge in [0.25, 0.3) is 5.91 Å². The van der Waals surface area contributed by atoms with Gasteiger partial charge in [-0.2, -0.15) is 16.6 Å². The molecule has 2 aromatic heterocycles. The van der Waals surface area contributed by atoms with Gasteiger partial charge in [-0.05, 0) is 23.9 Å². The molecule has 0 saturated carbocycles. The third-order valence-electron chi connectivity index (χ3n) is 2.76. The number of amides is 1. The molecule has 0 atom stereocenters. The Balaban J connectivity index is 2.03. The van der Waals surface area contributed by atoms with Crippen LogP contribution >= 0.6 is 22.7 Å². The zero-order valence-corrected chi connectivity index (χ0v) is 13.7. The molecule has 2 heterocycles. The van der Waals surface area contributed by atoms with Crippen LogP contribution in [-0.2, 0) is 9.53 Å². The number of nitriles is 1. The van der Waals surface area contributed by atoms with Gasteiger partial charge in [-0.15, -0.1) is 11.3 Å². The van der Waals surface area contributed by atoms with Gasteiger partial charge in [0.15, 0.2) is 0 Å². The number of carbonyl (C=O) groups is 1. The molecule has 0 fully saturated rings. The number of aromatic nitrogens is 1. The molecule has 1 amide bonds. The highest BCUT2D eigenvalue weighted by molar-refractivity contribution is 7.14. The molecule has 0 aliphatic rings. The first kappa shape index (κ1) is 16.4. The van der Waals surface area contributed by atoms with Crippen LogP contribution in [0.15, 0.2) is 27.8 Å². The normalized spacial score (nSPS) is 11.2. The van der Waals surface area contributed by atoms with Gasteiger partial charge in [-0.25, -0.2) is 4.98 Å². The van der Waals surface area contributed by atoms with Gasteiger partial charge in [-0.1, -0.05) is 0 Å². The topological polar surface area (TPSA) is 75.0 Å². The van der Waals surface area contributed by atoms with Crippen molar-refractivity contribution in [2.75, 3.05) is 20.3 Å². The molecule has 22 heavy (non-hydrogen) atoms. The highest BCUT2D eigenvalue weighted by atomic mass is 32.1. The molecule has 7 heteroatoms. The number of thiophene rings is 1. The molecule has 1 N–H and O–H groups in total. The van der Waals surface area contributed by atoms with Crippen molar-refractivity contribution in [3.8, 4) is 16.6 Å². The standard InChI is InChI=1S/C15H15N3O2S2/c1-20-5-2-4-17-14(19)12(8-16)7-13-10-22-15(18-13)11-3-6-21-9-11/h3,6-7,9-10H,2,4-5H2,1H3,(H,17,19)/b12-7-. The first-order chi connectivity index (χ1) is 10.7. The first-order valence-electron chi connectivity index (χ1n) is 6.61. The van der Waals surface area contributed by atoms with Crippen molar-refractivity contribution in [3.63, 3.8) is 0 Å². The fourth-order valence-corrected chi connectivity index (χ4v) is 3.17. The lowest BCUT2D eigenvalue weighted by Crippen LogP contribution is -2.26. The summed E-state index contributed by atoms with van der Waals surface area (Å²) in [6.07, 6.45) is 2.22. The van der Waals surface area contributed by atoms with E-state index in [0.717, 1.165) is 10.6 Å². The summed E-state index contributed by atoms with van der Waals surface area (Å²) in [6.45, 7) is 1.05. The highest BCUT2D eigenvalue weighted by Gasteiger charge is 2.10. The van der Waals surface area contributed by atoms with Crippen molar-refractivity contribution < 1.29 is 9.53 Å². The number of methoxy groups -OCH3 is 1. The number of nitrogens with zero attached hydrogens (tertiary/aromatic N) is 2. The van der Waals surface area contributed by atoms with Crippen molar-refractivity contribution in [2.24, 2.45) is 0 Å². The number of ether oxygens (including phenoxy) is 1. The zero-order valence-electron chi connectivity index (χ0n) is 12.0. The van der Waals surface area contributed by atoms with Gasteiger partial charge in [0.2, 0.25) is 0 Å². The van der Waals surface area contributed by atoms with Gasteiger partial charge >= 0.3 is 0 Å². The summed E-state index contributed by atoms with van der Waals surface area (Å²) in [6, 6.07) is 3.91. The van der Waals surface area contributed by atoms with Crippen LogP contribution in [0.4, 0.5) is 0 Å². The van der Waals surface area contributed by atoms with Gasteiger partial charge < -0.3 is 10.1 Å². The number of thiazole rings is 1. The summed E-state index contributed by atoms with van der Waals surface area (Å²) in [7, 11) is 1.61. The number of nitrogens with one attached hydrogen (secondary N) is 1. The largest absolute Gasteiger partial charge is 0.385 e. The maximum Gasteiger partial charge on any atom is 0.262 e. The summed E-state index contributed by atoms with van der Waals surface area (Å²) in [5, 5.41) is 18.5. The summed E-state index contributed by atoms with van der Waals surface area (Å²) < 4.78 is 4.91. The molecule has 2 aromatic rings. The van der Waals surface area contributed by atoms with Gasteiger partial charge in [-0.3, -0.25) is 4.79 Å². The van der Waals surface area contributed by atoms with Crippen LogP contribution in [-0.4, -0.2) is 31.2 Å². The van der Waals surface area contributed by atoms with Gasteiger partial charge in [0.1, 0.15) is 16.6 Å². The Kier molecular flexibility index (Phi) is 6.27. The lowest BCUT2D eigenvalue weighted by molar-refractivity contribution is -0.117. The second-order valence-electron chi connectivity index (χ2n) is 4.36. The lowest BCUT2D eigenvalue weighted by atomic mass is 10.2. The van der Waals surface area contributed by atoms with Crippen LogP contribution in [0.25, 0.3) is 16.6 Å². The molecular weight excluding hydrogens is 318 g/mol. The van der Waals surface area contributed by atoms with Crippen molar-refractivity contribution in [1.82, 2.24) is 10.3 Å². The smallest absolute Gasteiger partial charge is 0.262 e. The molecule has 0 saturated heterocycles. The quantitative estimate of drug-likeness (QED) is 0.480. The minimum atomic E-state index is -0.385. The zero-order chi connectivity index (χ0) is 15.8. The third-order valence-corrected chi connectivity index (χ3v) is 4.35. The monoisotopic (exact) mass is 333 g/mol. The van der Waals surface area contributed by atoms with Crippen LogP contribution in [0.5, 0.6) is 0 Å². The Hall–Kier alpha value is -2.01. The van der Waals surface area contributed by atoms with Crippen LogP contribution in [0.2, 0.25) is 0 Å². The summed E-state index contributed by atoms with van der Waals surface area (Å²) in [5.41, 5.74) is 1.73. The fourth-order valence-electron chi connectivity index (χ4n) is 1.68. The number of carbonyl (C=O) groups excluding carboxylic acids is 1. The third kappa shape index (κ3) is 4.49. The average molecular weight is 333 g/mol. The van der Waals surface area contributed by atoms with Crippen molar-refractivity contribution >= 4 is 34.7 Å². The van der Waals surface area contributed by atoms with E-state index in [4.69, 9.17) is 10.00 Å². The summed E-state index contributed by atoms with van der Waals surface area (Å²) in [4.78, 5) is 16.3. The van der Waals surface area contributed by atoms with E-state index >= 15 is 0 Å². The SMILES string of the molecule is COCCCNC(=O)/C(C#N)=C\c1csc(-c2ccsc2)n1. The maximum atomic E-state index is 11.9. The number of hydrogen-bond acceptors (Lipinski definition) is 6. The van der Waals surface area contributed by atoms with E-state index in [1.807, 2.05) is 28.3 Å². The molecule has 0 unspecified atom stereocenters. The van der Waals surface area contributed by atoms with Crippen LogP contribution in [0.1, 0.15) is 12.1 Å². The maximum absolute atomic E-state index is 11.9. The molecule has 0 aromatic carbocycles. The Labute approximate surface area is 136 Å². The second kappa shape index (κ2) is 8.44. The van der Waals surface area contributed by atoms with E-state index in [1.165, 1.54) is 17.4 Å². The molecule has 5 nitrogen and oxygen atoms in total. The molecule has 0 aliphatic heterocycles. The summed E-state index contributed by atoms with van der Waals surface area (Å²) in [5.74, 6) is -0.385. The second-order valence-corrected chi connectivity index (χ2v) is 6.00. The molecule has 0 aliphatic carbocycles. The van der Waals surface area contributed by atoms with E-state index in [1.54, 1.807) is 18.4 Å². The van der Waals surface area contributed by atoms with E-state index in [0.29, 0.717) is 25.3 Å². The molecule has 0 radical (unpaired) electrons. The molecule has 114 valence electrons. The average Bonchev–Trinajstić information content (AvgIpc) is 3.19. The Morgan fingerprint density at radius 3 is 3.09 bits per heavy atom. The number of hydrogen-bond donors (Lipinski definition) is 1. The predicted octanol–water partition coefficient (Wildman–Crippen LogP) is 2.93. The van der Waals surface area contributed by atoms with E-state index in [9.17, 15) is 4.79 Å². The Morgan fingerprint density at radius 1 is 1.55 bits per heavy atom. The fraction of sp³-hybridized carbons (Fsp3) is 0.267. The predicted molar refractivity (Wildman–Crippen MR) is 88.5 cm³/mol. The molecule has 2 rings (SSSR count). The first-order valence-corrected chi connectivity index (χ1v) is 8.44. The van der Waals surface area contributed by atoms with E-state index in [-0.39, 0.29) is 11.5 Å². The van der Waals surface area contributed by atoms with Crippen molar-refractivity contribution in [2.45, 2.75) is 6.42 Å². The van der Waals surface area contributed by atoms with E-state index in [2.05, 4.69) is 10.3 Å². The van der Waals surface area contributed by atoms with Crippen LogP contribution < -0.4 is 5.32 Å². The van der Waals surface area contributed by atoms with Crippen LogP contribution in [0.3, 0.4) is 0 Å². The van der Waals surface area contributed by atoms with E-state index < -0.39 is 0 Å². The lowest BCUT2D eigenvalue weighted by Gasteiger charge is -2.02. The Bertz CT molecular complexity index is 684. The van der Waals surface area contributed by atoms with Crippen molar-refractivity contribution in [3.05, 3.63) is 33.5 Å². The summed E-state index contributed by atoms with van der Waals surface area (Å²) >= 11 is 3.09. The molecular formula is C15H15N3O2S2. The van der Waals surface area contributed by atoms with Crippen molar-refractivity contribution in [1.29, 1.82) is 5.26 Å². The van der Waals surface area contributed by atoms with Gasteiger partial charge in [0, 0.05) is 36.6 Å². The number of rotatable bonds is 7.